The minimum atomic E-state index is -0.439. The van der Waals surface area contributed by atoms with Crippen molar-refractivity contribution in [2.24, 2.45) is 0 Å². The molecule has 1 saturated heterocycles. The van der Waals surface area contributed by atoms with Crippen LogP contribution in [0.1, 0.15) is 18.4 Å². The van der Waals surface area contributed by atoms with Gasteiger partial charge in [-0.2, -0.15) is 0 Å². The zero-order valence-corrected chi connectivity index (χ0v) is 12.1. The van der Waals surface area contributed by atoms with Crippen molar-refractivity contribution >= 4 is 34.8 Å². The second-order valence-electron chi connectivity index (χ2n) is 4.54. The van der Waals surface area contributed by atoms with Crippen LogP contribution in [0, 0.1) is 0 Å². The number of carbonyl (C=O) groups is 3. The van der Waals surface area contributed by atoms with Crippen LogP contribution < -0.4 is 0 Å². The normalized spacial score (nSPS) is 16.8. The van der Waals surface area contributed by atoms with Gasteiger partial charge in [-0.15, -0.1) is 0 Å². The first-order chi connectivity index (χ1) is 10.1. The van der Waals surface area contributed by atoms with Crippen LogP contribution in [0.15, 0.2) is 35.2 Å². The Morgan fingerprint density at radius 3 is 2.62 bits per heavy atom. The standard InChI is InChI=1S/C15H15NO4S/c17-8-4-7-12(18)10-16-14(19)13(21-15(16)20)9-11-5-2-1-3-6-11/h1-3,5-6,9,17H,4,7-8,10H2/b13-9+. The highest BCUT2D eigenvalue weighted by Gasteiger charge is 2.35. The van der Waals surface area contributed by atoms with Crippen LogP contribution in [0.3, 0.4) is 0 Å². The number of amides is 2. The minimum absolute atomic E-state index is 0.0818. The number of imide groups is 1. The lowest BCUT2D eigenvalue weighted by Crippen LogP contribution is -2.33. The van der Waals surface area contributed by atoms with Gasteiger partial charge in [-0.3, -0.25) is 19.3 Å². The van der Waals surface area contributed by atoms with Gasteiger partial charge in [0.15, 0.2) is 5.78 Å². The fraction of sp³-hybridized carbons (Fsp3) is 0.267. The first-order valence-corrected chi connectivity index (χ1v) is 7.36. The number of aliphatic hydroxyl groups excluding tert-OH is 1. The number of nitrogens with zero attached hydrogens (tertiary/aromatic N) is 1. The molecule has 0 aliphatic carbocycles. The number of hydrogen-bond donors (Lipinski definition) is 1. The van der Waals surface area contributed by atoms with Crippen molar-refractivity contribution in [1.29, 1.82) is 0 Å². The van der Waals surface area contributed by atoms with E-state index in [9.17, 15) is 14.4 Å². The quantitative estimate of drug-likeness (QED) is 0.814. The van der Waals surface area contributed by atoms with Gasteiger partial charge in [0.1, 0.15) is 0 Å². The Hall–Kier alpha value is -1.92. The number of benzene rings is 1. The summed E-state index contributed by atoms with van der Waals surface area (Å²) in [4.78, 5) is 36.9. The number of hydrogen-bond acceptors (Lipinski definition) is 5. The molecule has 5 nitrogen and oxygen atoms in total. The van der Waals surface area contributed by atoms with E-state index in [4.69, 9.17) is 5.11 Å². The van der Waals surface area contributed by atoms with Gasteiger partial charge in [-0.1, -0.05) is 30.3 Å². The average molecular weight is 305 g/mol. The van der Waals surface area contributed by atoms with E-state index >= 15 is 0 Å². The van der Waals surface area contributed by atoms with Crippen molar-refractivity contribution < 1.29 is 19.5 Å². The molecular formula is C15H15NO4S. The zero-order chi connectivity index (χ0) is 15.2. The van der Waals surface area contributed by atoms with Gasteiger partial charge < -0.3 is 5.11 Å². The van der Waals surface area contributed by atoms with Crippen molar-refractivity contribution in [2.75, 3.05) is 13.2 Å². The Morgan fingerprint density at radius 2 is 1.95 bits per heavy atom. The van der Waals surface area contributed by atoms with Gasteiger partial charge in [0.2, 0.25) is 0 Å². The van der Waals surface area contributed by atoms with Crippen molar-refractivity contribution in [3.05, 3.63) is 40.8 Å². The molecule has 0 bridgehead atoms. The van der Waals surface area contributed by atoms with Crippen LogP contribution in [0.2, 0.25) is 0 Å². The van der Waals surface area contributed by atoms with E-state index in [0.29, 0.717) is 11.3 Å². The third-order valence-electron chi connectivity index (χ3n) is 2.92. The second kappa shape index (κ2) is 7.19. The van der Waals surface area contributed by atoms with Crippen LogP contribution in [0.5, 0.6) is 0 Å². The molecule has 110 valence electrons. The van der Waals surface area contributed by atoms with Gasteiger partial charge in [0.05, 0.1) is 11.4 Å². The smallest absolute Gasteiger partial charge is 0.293 e. The SMILES string of the molecule is O=C(CCCO)CN1C(=O)S/C(=C/c2ccccc2)C1=O. The highest BCUT2D eigenvalue weighted by Crippen LogP contribution is 2.32. The third kappa shape index (κ3) is 4.03. The summed E-state index contributed by atoms with van der Waals surface area (Å²) in [5, 5.41) is 8.24. The molecule has 0 spiro atoms. The van der Waals surface area contributed by atoms with Crippen LogP contribution in [0.25, 0.3) is 6.08 Å². The summed E-state index contributed by atoms with van der Waals surface area (Å²) in [7, 11) is 0. The van der Waals surface area contributed by atoms with E-state index in [1.54, 1.807) is 6.08 Å². The van der Waals surface area contributed by atoms with Crippen molar-refractivity contribution in [3.8, 4) is 0 Å². The number of thioether (sulfide) groups is 1. The second-order valence-corrected chi connectivity index (χ2v) is 5.54. The Balaban J connectivity index is 2.06. The number of ketones is 1. The molecule has 0 atom stereocenters. The summed E-state index contributed by atoms with van der Waals surface area (Å²) in [5.41, 5.74) is 0.828. The summed E-state index contributed by atoms with van der Waals surface area (Å²) in [6.07, 6.45) is 2.15. The van der Waals surface area contributed by atoms with E-state index in [-0.39, 0.29) is 25.4 Å². The van der Waals surface area contributed by atoms with Gasteiger partial charge >= 0.3 is 0 Å². The molecule has 1 aliphatic rings. The first kappa shape index (κ1) is 15.5. The molecule has 21 heavy (non-hydrogen) atoms. The van der Waals surface area contributed by atoms with E-state index in [1.165, 1.54) is 0 Å². The predicted molar refractivity (Wildman–Crippen MR) is 80.4 cm³/mol. The number of carbonyl (C=O) groups excluding carboxylic acids is 3. The Labute approximate surface area is 126 Å². The maximum absolute atomic E-state index is 12.1. The Bertz CT molecular complexity index is 583. The summed E-state index contributed by atoms with van der Waals surface area (Å²) in [6.45, 7) is -0.307. The number of aliphatic hydroxyl groups is 1. The number of Topliss-reactive ketones (excluding diaryl/α,β-unsaturated/α-hetero) is 1. The highest BCUT2D eigenvalue weighted by atomic mass is 32.2. The van der Waals surface area contributed by atoms with Crippen LogP contribution in [-0.2, 0) is 9.59 Å². The monoisotopic (exact) mass is 305 g/mol. The molecule has 6 heteroatoms. The van der Waals surface area contributed by atoms with Crippen LogP contribution in [-0.4, -0.2) is 40.1 Å². The van der Waals surface area contributed by atoms with Gasteiger partial charge in [0.25, 0.3) is 11.1 Å². The molecule has 0 unspecified atom stereocenters. The Kier molecular flexibility index (Phi) is 5.30. The van der Waals surface area contributed by atoms with E-state index < -0.39 is 11.1 Å². The largest absolute Gasteiger partial charge is 0.396 e. The van der Waals surface area contributed by atoms with Crippen molar-refractivity contribution in [1.82, 2.24) is 4.90 Å². The molecule has 1 N–H and O–H groups in total. The Morgan fingerprint density at radius 1 is 1.24 bits per heavy atom. The van der Waals surface area contributed by atoms with E-state index in [2.05, 4.69) is 0 Å². The molecule has 1 fully saturated rings. The molecule has 2 amide bonds. The molecule has 1 aromatic rings. The molecular weight excluding hydrogens is 290 g/mol. The van der Waals surface area contributed by atoms with Gasteiger partial charge in [0, 0.05) is 13.0 Å². The molecule has 0 aromatic heterocycles. The maximum Gasteiger partial charge on any atom is 0.293 e. The topological polar surface area (TPSA) is 74.7 Å². The third-order valence-corrected chi connectivity index (χ3v) is 3.83. The first-order valence-electron chi connectivity index (χ1n) is 6.55. The zero-order valence-electron chi connectivity index (χ0n) is 11.3. The summed E-state index contributed by atoms with van der Waals surface area (Å²) in [5.74, 6) is -0.668. The average Bonchev–Trinajstić information content (AvgIpc) is 2.74. The fourth-order valence-corrected chi connectivity index (χ4v) is 2.71. The van der Waals surface area contributed by atoms with Gasteiger partial charge in [-0.25, -0.2) is 0 Å². The summed E-state index contributed by atoms with van der Waals surface area (Å²) >= 11 is 0.839. The highest BCUT2D eigenvalue weighted by molar-refractivity contribution is 8.18. The molecule has 1 heterocycles. The van der Waals surface area contributed by atoms with Crippen LogP contribution in [0.4, 0.5) is 4.79 Å². The predicted octanol–water partition coefficient (Wildman–Crippen LogP) is 2.06. The van der Waals surface area contributed by atoms with Gasteiger partial charge in [-0.05, 0) is 29.8 Å². The molecule has 2 rings (SSSR count). The summed E-state index contributed by atoms with van der Waals surface area (Å²) < 4.78 is 0. The van der Waals surface area contributed by atoms with Crippen LogP contribution >= 0.6 is 11.8 Å². The summed E-state index contributed by atoms with van der Waals surface area (Å²) in [6, 6.07) is 9.21. The molecule has 1 aliphatic heterocycles. The molecule has 1 aromatic carbocycles. The molecule has 0 saturated carbocycles. The lowest BCUT2D eigenvalue weighted by molar-refractivity contribution is -0.128. The van der Waals surface area contributed by atoms with E-state index in [0.717, 1.165) is 22.2 Å². The fourth-order valence-electron chi connectivity index (χ4n) is 1.87. The number of rotatable bonds is 6. The lowest BCUT2D eigenvalue weighted by atomic mass is 10.2. The molecule has 0 radical (unpaired) electrons. The minimum Gasteiger partial charge on any atom is -0.396 e. The van der Waals surface area contributed by atoms with E-state index in [1.807, 2.05) is 30.3 Å². The van der Waals surface area contributed by atoms with Crippen molar-refractivity contribution in [3.63, 3.8) is 0 Å². The maximum atomic E-state index is 12.1. The lowest BCUT2D eigenvalue weighted by Gasteiger charge is -2.10. The van der Waals surface area contributed by atoms with Crippen molar-refractivity contribution in [2.45, 2.75) is 12.8 Å².